The molecule has 0 bridgehead atoms. The largest absolute Gasteiger partial charge is 0.359 e. The Balaban J connectivity index is 0.00000261. The highest BCUT2D eigenvalue weighted by Gasteiger charge is 2.13. The van der Waals surface area contributed by atoms with Gasteiger partial charge in [-0.1, -0.05) is 37.2 Å². The van der Waals surface area contributed by atoms with Crippen LogP contribution in [0, 0.1) is 0 Å². The highest BCUT2D eigenvalue weighted by Crippen LogP contribution is 2.22. The highest BCUT2D eigenvalue weighted by molar-refractivity contribution is 14.0. The predicted octanol–water partition coefficient (Wildman–Crippen LogP) is 4.54. The second-order valence-electron chi connectivity index (χ2n) is 6.39. The molecule has 0 aliphatic carbocycles. The lowest BCUT2D eigenvalue weighted by Crippen LogP contribution is -2.36. The molecule has 27 heavy (non-hydrogen) atoms. The molecule has 0 amide bonds. The average Bonchev–Trinajstić information content (AvgIpc) is 3.29. The number of para-hydroxylation sites is 1. The zero-order valence-corrected chi connectivity index (χ0v) is 18.4. The molecule has 3 aromatic rings. The SMILES string of the molecule is CCC(CC)c1cc(CNC(=NC)NCc2cc3ccccc3[nH]2)on1.I. The molecule has 0 aliphatic heterocycles. The van der Waals surface area contributed by atoms with Gasteiger partial charge in [0.05, 0.1) is 18.8 Å². The van der Waals surface area contributed by atoms with E-state index in [2.05, 4.69) is 57.8 Å². The summed E-state index contributed by atoms with van der Waals surface area (Å²) in [5.41, 5.74) is 3.29. The van der Waals surface area contributed by atoms with Crippen molar-refractivity contribution in [2.45, 2.75) is 45.7 Å². The van der Waals surface area contributed by atoms with E-state index in [4.69, 9.17) is 4.52 Å². The first-order valence-electron chi connectivity index (χ1n) is 9.20. The van der Waals surface area contributed by atoms with E-state index in [1.807, 2.05) is 18.2 Å². The Morgan fingerprint density at radius 3 is 2.59 bits per heavy atom. The van der Waals surface area contributed by atoms with Gasteiger partial charge in [0.2, 0.25) is 0 Å². The molecule has 0 saturated carbocycles. The second kappa shape index (κ2) is 10.3. The summed E-state index contributed by atoms with van der Waals surface area (Å²) in [7, 11) is 1.76. The molecule has 0 radical (unpaired) electrons. The Kier molecular flexibility index (Phi) is 8.15. The van der Waals surface area contributed by atoms with Gasteiger partial charge < -0.3 is 20.1 Å². The summed E-state index contributed by atoms with van der Waals surface area (Å²) in [6.45, 7) is 5.58. The molecule has 6 nitrogen and oxygen atoms in total. The van der Waals surface area contributed by atoms with Crippen molar-refractivity contribution in [3.05, 3.63) is 53.5 Å². The van der Waals surface area contributed by atoms with Gasteiger partial charge in [0.25, 0.3) is 0 Å². The van der Waals surface area contributed by atoms with Crippen molar-refractivity contribution in [2.24, 2.45) is 4.99 Å². The number of aromatic amines is 1. The molecule has 0 atom stereocenters. The van der Waals surface area contributed by atoms with E-state index >= 15 is 0 Å². The first-order chi connectivity index (χ1) is 12.7. The zero-order valence-electron chi connectivity index (χ0n) is 16.1. The van der Waals surface area contributed by atoms with Crippen LogP contribution in [-0.2, 0) is 13.1 Å². The molecule has 2 aromatic heterocycles. The van der Waals surface area contributed by atoms with Crippen molar-refractivity contribution in [3.63, 3.8) is 0 Å². The standard InChI is InChI=1S/C20H27N5O.HI/c1-4-14(5-2)19-11-17(26-25-19)13-23-20(21-3)22-12-16-10-15-8-6-7-9-18(15)24-16;/h6-11,14,24H,4-5,12-13H2,1-3H3,(H2,21,22,23);1H. The van der Waals surface area contributed by atoms with E-state index in [-0.39, 0.29) is 24.0 Å². The summed E-state index contributed by atoms with van der Waals surface area (Å²) in [6.07, 6.45) is 2.15. The van der Waals surface area contributed by atoms with E-state index in [1.54, 1.807) is 7.05 Å². The van der Waals surface area contributed by atoms with Gasteiger partial charge in [-0.3, -0.25) is 4.99 Å². The van der Waals surface area contributed by atoms with Crippen LogP contribution in [0.25, 0.3) is 10.9 Å². The molecule has 3 rings (SSSR count). The number of hydrogen-bond acceptors (Lipinski definition) is 3. The van der Waals surface area contributed by atoms with Crippen LogP contribution in [0.4, 0.5) is 0 Å². The van der Waals surface area contributed by atoms with E-state index < -0.39 is 0 Å². The minimum atomic E-state index is 0. The topological polar surface area (TPSA) is 78.2 Å². The lowest BCUT2D eigenvalue weighted by Gasteiger charge is -2.09. The quantitative estimate of drug-likeness (QED) is 0.263. The van der Waals surface area contributed by atoms with Gasteiger partial charge in [-0.15, -0.1) is 24.0 Å². The summed E-state index contributed by atoms with van der Waals surface area (Å²) in [5, 5.41) is 12.0. The van der Waals surface area contributed by atoms with Gasteiger partial charge in [-0.2, -0.15) is 0 Å². The Labute approximate surface area is 177 Å². The second-order valence-corrected chi connectivity index (χ2v) is 6.39. The minimum Gasteiger partial charge on any atom is -0.359 e. The lowest BCUT2D eigenvalue weighted by atomic mass is 9.99. The smallest absolute Gasteiger partial charge is 0.191 e. The molecule has 146 valence electrons. The number of hydrogen-bond donors (Lipinski definition) is 3. The molecule has 0 fully saturated rings. The van der Waals surface area contributed by atoms with Crippen LogP contribution in [0.5, 0.6) is 0 Å². The number of aliphatic imine (C=N–C) groups is 1. The van der Waals surface area contributed by atoms with Crippen LogP contribution in [-0.4, -0.2) is 23.1 Å². The van der Waals surface area contributed by atoms with Crippen molar-refractivity contribution in [1.82, 2.24) is 20.8 Å². The van der Waals surface area contributed by atoms with Gasteiger partial charge in [-0.05, 0) is 30.4 Å². The summed E-state index contributed by atoms with van der Waals surface area (Å²) < 4.78 is 5.45. The van der Waals surface area contributed by atoms with Gasteiger partial charge >= 0.3 is 0 Å². The third-order valence-corrected chi connectivity index (χ3v) is 4.67. The lowest BCUT2D eigenvalue weighted by molar-refractivity contribution is 0.368. The molecule has 0 saturated heterocycles. The molecule has 0 unspecified atom stereocenters. The molecule has 3 N–H and O–H groups in total. The Hall–Kier alpha value is -2.03. The van der Waals surface area contributed by atoms with E-state index in [1.165, 1.54) is 5.39 Å². The number of nitrogens with zero attached hydrogens (tertiary/aromatic N) is 2. The van der Waals surface area contributed by atoms with Gasteiger partial charge in [0.1, 0.15) is 0 Å². The number of nitrogens with one attached hydrogen (secondary N) is 3. The summed E-state index contributed by atoms with van der Waals surface area (Å²) in [6, 6.07) is 12.4. The van der Waals surface area contributed by atoms with Gasteiger partial charge in [0.15, 0.2) is 11.7 Å². The molecular formula is C20H28IN5O. The minimum absolute atomic E-state index is 0. The van der Waals surface area contributed by atoms with Gasteiger partial charge in [-0.25, -0.2) is 0 Å². The maximum Gasteiger partial charge on any atom is 0.191 e. The zero-order chi connectivity index (χ0) is 18.4. The molecule has 0 aliphatic rings. The number of fused-ring (bicyclic) bond motifs is 1. The Morgan fingerprint density at radius 2 is 1.89 bits per heavy atom. The number of aromatic nitrogens is 2. The number of H-pyrrole nitrogens is 1. The molecule has 7 heteroatoms. The summed E-state index contributed by atoms with van der Waals surface area (Å²) in [4.78, 5) is 7.67. The van der Waals surface area contributed by atoms with E-state index in [0.717, 1.165) is 41.5 Å². The van der Waals surface area contributed by atoms with E-state index in [9.17, 15) is 0 Å². The van der Waals surface area contributed by atoms with Crippen molar-refractivity contribution in [1.29, 1.82) is 0 Å². The fraction of sp³-hybridized carbons (Fsp3) is 0.400. The van der Waals surface area contributed by atoms with Crippen LogP contribution in [0.1, 0.15) is 49.8 Å². The summed E-state index contributed by atoms with van der Waals surface area (Å²) >= 11 is 0. The third-order valence-electron chi connectivity index (χ3n) is 4.67. The van der Waals surface area contributed by atoms with Crippen molar-refractivity contribution in [3.8, 4) is 0 Å². The fourth-order valence-corrected chi connectivity index (χ4v) is 3.11. The maximum absolute atomic E-state index is 5.45. The molecule has 0 spiro atoms. The normalized spacial score (nSPS) is 11.6. The van der Waals surface area contributed by atoms with Crippen LogP contribution < -0.4 is 10.6 Å². The first-order valence-corrected chi connectivity index (χ1v) is 9.20. The summed E-state index contributed by atoms with van der Waals surface area (Å²) in [5.74, 6) is 2.01. The van der Waals surface area contributed by atoms with Crippen molar-refractivity contribution >= 4 is 40.8 Å². The molecule has 1 aromatic carbocycles. The van der Waals surface area contributed by atoms with Gasteiger partial charge in [0, 0.05) is 30.2 Å². The van der Waals surface area contributed by atoms with Crippen LogP contribution in [0.2, 0.25) is 0 Å². The molecular weight excluding hydrogens is 453 g/mol. The van der Waals surface area contributed by atoms with Crippen LogP contribution in [0.3, 0.4) is 0 Å². The highest BCUT2D eigenvalue weighted by atomic mass is 127. The predicted molar refractivity (Wildman–Crippen MR) is 121 cm³/mol. The maximum atomic E-state index is 5.45. The Morgan fingerprint density at radius 1 is 1.15 bits per heavy atom. The van der Waals surface area contributed by atoms with Crippen molar-refractivity contribution < 1.29 is 4.52 Å². The number of guanidine groups is 1. The average molecular weight is 481 g/mol. The Bertz CT molecular complexity index is 833. The van der Waals surface area contributed by atoms with Crippen LogP contribution in [0.15, 0.2) is 45.9 Å². The number of rotatable bonds is 7. The first kappa shape index (κ1) is 21.3. The number of halogens is 1. The van der Waals surface area contributed by atoms with Crippen LogP contribution >= 0.6 is 24.0 Å². The molecule has 2 heterocycles. The monoisotopic (exact) mass is 481 g/mol. The number of benzene rings is 1. The van der Waals surface area contributed by atoms with E-state index in [0.29, 0.717) is 19.0 Å². The van der Waals surface area contributed by atoms with Crippen molar-refractivity contribution in [2.75, 3.05) is 7.05 Å². The third kappa shape index (κ3) is 5.47. The fourth-order valence-electron chi connectivity index (χ4n) is 3.11.